The molecule has 0 atom stereocenters. The van der Waals surface area contributed by atoms with Crippen LogP contribution in [0.2, 0.25) is 5.02 Å². The Labute approximate surface area is 97.0 Å². The molecule has 2 rings (SSSR count). The van der Waals surface area contributed by atoms with Gasteiger partial charge in [-0.05, 0) is 24.5 Å². The average molecular weight is 243 g/mol. The Morgan fingerprint density at radius 2 is 2.19 bits per heavy atom. The zero-order chi connectivity index (χ0) is 11.9. The molecule has 1 aliphatic carbocycles. The molecule has 1 fully saturated rings. The SMILES string of the molecule is NC1(c2ccc(Cl)c([N+](=O)[O-])c2)CC(O)C1. The number of nitrogens with two attached hydrogens (primary N) is 1. The Morgan fingerprint density at radius 1 is 1.56 bits per heavy atom. The van der Waals surface area contributed by atoms with E-state index in [1.807, 2.05) is 0 Å². The van der Waals surface area contributed by atoms with Crippen molar-refractivity contribution in [2.45, 2.75) is 24.5 Å². The van der Waals surface area contributed by atoms with Crippen LogP contribution in [0.3, 0.4) is 0 Å². The summed E-state index contributed by atoms with van der Waals surface area (Å²) in [7, 11) is 0. The lowest BCUT2D eigenvalue weighted by Crippen LogP contribution is -2.51. The highest BCUT2D eigenvalue weighted by molar-refractivity contribution is 6.32. The number of nitrogens with zero attached hydrogens (tertiary/aromatic N) is 1. The molecule has 1 aromatic carbocycles. The Morgan fingerprint density at radius 3 is 2.69 bits per heavy atom. The second kappa shape index (κ2) is 3.69. The van der Waals surface area contributed by atoms with Gasteiger partial charge in [-0.2, -0.15) is 0 Å². The van der Waals surface area contributed by atoms with Crippen molar-refractivity contribution in [1.82, 2.24) is 0 Å². The smallest absolute Gasteiger partial charge is 0.288 e. The largest absolute Gasteiger partial charge is 0.393 e. The predicted molar refractivity (Wildman–Crippen MR) is 59.2 cm³/mol. The number of benzene rings is 1. The van der Waals surface area contributed by atoms with Gasteiger partial charge in [-0.25, -0.2) is 0 Å². The van der Waals surface area contributed by atoms with Crippen molar-refractivity contribution in [1.29, 1.82) is 0 Å². The summed E-state index contributed by atoms with van der Waals surface area (Å²) in [6.45, 7) is 0. The van der Waals surface area contributed by atoms with Crippen LogP contribution in [0.15, 0.2) is 18.2 Å². The summed E-state index contributed by atoms with van der Waals surface area (Å²) in [5, 5.41) is 20.0. The van der Waals surface area contributed by atoms with Crippen molar-refractivity contribution in [3.8, 4) is 0 Å². The number of nitro benzene ring substituents is 1. The minimum absolute atomic E-state index is 0.0946. The fourth-order valence-electron chi connectivity index (χ4n) is 1.98. The van der Waals surface area contributed by atoms with Gasteiger partial charge in [-0.3, -0.25) is 10.1 Å². The van der Waals surface area contributed by atoms with Crippen molar-refractivity contribution < 1.29 is 10.0 Å². The van der Waals surface area contributed by atoms with Gasteiger partial charge in [0.15, 0.2) is 0 Å². The van der Waals surface area contributed by atoms with E-state index in [2.05, 4.69) is 0 Å². The van der Waals surface area contributed by atoms with Gasteiger partial charge in [0.05, 0.1) is 11.0 Å². The van der Waals surface area contributed by atoms with Crippen LogP contribution in [0.4, 0.5) is 5.69 Å². The maximum Gasteiger partial charge on any atom is 0.288 e. The molecular formula is C10H11ClN2O3. The molecule has 0 aliphatic heterocycles. The van der Waals surface area contributed by atoms with Gasteiger partial charge >= 0.3 is 0 Å². The molecule has 1 aliphatic rings. The zero-order valence-electron chi connectivity index (χ0n) is 8.39. The van der Waals surface area contributed by atoms with Crippen LogP contribution in [-0.2, 0) is 5.54 Å². The molecule has 0 unspecified atom stereocenters. The first-order valence-electron chi connectivity index (χ1n) is 4.84. The number of hydrogen-bond acceptors (Lipinski definition) is 4. The van der Waals surface area contributed by atoms with E-state index in [1.54, 1.807) is 6.07 Å². The summed E-state index contributed by atoms with van der Waals surface area (Å²) in [5.41, 5.74) is 5.85. The fourth-order valence-corrected chi connectivity index (χ4v) is 2.17. The molecule has 5 nitrogen and oxygen atoms in total. The number of halogens is 1. The first kappa shape index (κ1) is 11.3. The maximum absolute atomic E-state index is 10.7. The molecule has 6 heteroatoms. The normalized spacial score (nSPS) is 28.6. The highest BCUT2D eigenvalue weighted by Crippen LogP contribution is 2.41. The first-order chi connectivity index (χ1) is 7.42. The first-order valence-corrected chi connectivity index (χ1v) is 5.21. The van der Waals surface area contributed by atoms with Crippen molar-refractivity contribution >= 4 is 17.3 Å². The molecule has 0 saturated heterocycles. The molecule has 0 radical (unpaired) electrons. The van der Waals surface area contributed by atoms with E-state index in [1.165, 1.54) is 12.1 Å². The third kappa shape index (κ3) is 1.77. The Kier molecular flexibility index (Phi) is 2.61. The number of hydrogen-bond donors (Lipinski definition) is 2. The second-order valence-corrected chi connectivity index (χ2v) is 4.55. The van der Waals surface area contributed by atoms with Crippen LogP contribution in [0.5, 0.6) is 0 Å². The van der Waals surface area contributed by atoms with E-state index in [4.69, 9.17) is 17.3 Å². The Bertz CT molecular complexity index is 444. The van der Waals surface area contributed by atoms with E-state index < -0.39 is 16.6 Å². The lowest BCUT2D eigenvalue weighted by molar-refractivity contribution is -0.384. The topological polar surface area (TPSA) is 89.4 Å². The van der Waals surface area contributed by atoms with Crippen molar-refractivity contribution in [3.05, 3.63) is 38.9 Å². The lowest BCUT2D eigenvalue weighted by atomic mass is 9.70. The summed E-state index contributed by atoms with van der Waals surface area (Å²) >= 11 is 5.70. The number of nitro groups is 1. The van der Waals surface area contributed by atoms with E-state index in [0.717, 1.165) is 0 Å². The predicted octanol–water partition coefficient (Wildman–Crippen LogP) is 1.56. The molecule has 3 N–H and O–H groups in total. The summed E-state index contributed by atoms with van der Waals surface area (Å²) in [4.78, 5) is 10.2. The Hall–Kier alpha value is -1.17. The van der Waals surface area contributed by atoms with Gasteiger partial charge in [0.1, 0.15) is 5.02 Å². The van der Waals surface area contributed by atoms with Gasteiger partial charge in [0.2, 0.25) is 0 Å². The van der Waals surface area contributed by atoms with Crippen LogP contribution < -0.4 is 5.73 Å². The van der Waals surface area contributed by atoms with E-state index in [9.17, 15) is 15.2 Å². The molecular weight excluding hydrogens is 232 g/mol. The lowest BCUT2D eigenvalue weighted by Gasteiger charge is -2.42. The van der Waals surface area contributed by atoms with Crippen molar-refractivity contribution in [2.24, 2.45) is 5.73 Å². The number of aliphatic hydroxyl groups is 1. The van der Waals surface area contributed by atoms with Crippen LogP contribution >= 0.6 is 11.6 Å². The Balaban J connectivity index is 2.37. The summed E-state index contributed by atoms with van der Waals surface area (Å²) in [6, 6.07) is 4.52. The molecule has 0 heterocycles. The number of rotatable bonds is 2. The molecule has 16 heavy (non-hydrogen) atoms. The van der Waals surface area contributed by atoms with Gasteiger partial charge in [-0.1, -0.05) is 17.7 Å². The van der Waals surface area contributed by atoms with E-state index in [-0.39, 0.29) is 10.7 Å². The third-order valence-electron chi connectivity index (χ3n) is 2.92. The maximum atomic E-state index is 10.7. The minimum atomic E-state index is -0.658. The number of aliphatic hydroxyl groups excluding tert-OH is 1. The molecule has 0 aromatic heterocycles. The van der Waals surface area contributed by atoms with E-state index >= 15 is 0 Å². The van der Waals surface area contributed by atoms with Gasteiger partial charge in [-0.15, -0.1) is 0 Å². The summed E-state index contributed by atoms with van der Waals surface area (Å²) in [6.07, 6.45) is 0.428. The highest BCUT2D eigenvalue weighted by atomic mass is 35.5. The third-order valence-corrected chi connectivity index (χ3v) is 3.24. The van der Waals surface area contributed by atoms with Crippen LogP contribution in [0, 0.1) is 10.1 Å². The second-order valence-electron chi connectivity index (χ2n) is 4.14. The van der Waals surface area contributed by atoms with Gasteiger partial charge in [0.25, 0.3) is 5.69 Å². The van der Waals surface area contributed by atoms with Crippen LogP contribution in [-0.4, -0.2) is 16.1 Å². The molecule has 0 spiro atoms. The molecule has 1 aromatic rings. The molecule has 86 valence electrons. The quantitative estimate of drug-likeness (QED) is 0.608. The monoisotopic (exact) mass is 242 g/mol. The molecule has 0 bridgehead atoms. The average Bonchev–Trinajstić information content (AvgIpc) is 2.15. The summed E-state index contributed by atoms with van der Waals surface area (Å²) in [5.74, 6) is 0. The van der Waals surface area contributed by atoms with Crippen molar-refractivity contribution in [3.63, 3.8) is 0 Å². The van der Waals surface area contributed by atoms with E-state index in [0.29, 0.717) is 18.4 Å². The minimum Gasteiger partial charge on any atom is -0.393 e. The van der Waals surface area contributed by atoms with Gasteiger partial charge in [0, 0.05) is 11.6 Å². The summed E-state index contributed by atoms with van der Waals surface area (Å²) < 4.78 is 0. The van der Waals surface area contributed by atoms with Crippen LogP contribution in [0.1, 0.15) is 18.4 Å². The van der Waals surface area contributed by atoms with Crippen LogP contribution in [0.25, 0.3) is 0 Å². The highest BCUT2D eigenvalue weighted by Gasteiger charge is 2.42. The van der Waals surface area contributed by atoms with Crippen molar-refractivity contribution in [2.75, 3.05) is 0 Å². The van der Waals surface area contributed by atoms with Gasteiger partial charge < -0.3 is 10.8 Å². The molecule has 1 saturated carbocycles. The molecule has 0 amide bonds. The zero-order valence-corrected chi connectivity index (χ0v) is 9.15. The fraction of sp³-hybridized carbons (Fsp3) is 0.400. The standard InChI is InChI=1S/C10H11ClN2O3/c11-8-2-1-6(3-9(8)13(15)16)10(12)4-7(14)5-10/h1-3,7,14H,4-5,12H2.